The van der Waals surface area contributed by atoms with E-state index in [1.165, 1.54) is 0 Å². The van der Waals surface area contributed by atoms with Gasteiger partial charge in [-0.15, -0.1) is 0 Å². The second-order valence-electron chi connectivity index (χ2n) is 3.81. The van der Waals surface area contributed by atoms with Gasteiger partial charge in [-0.1, -0.05) is 30.3 Å². The van der Waals surface area contributed by atoms with Crippen LogP contribution >= 0.6 is 0 Å². The summed E-state index contributed by atoms with van der Waals surface area (Å²) < 4.78 is 1.67. The molecule has 0 saturated heterocycles. The number of fused-ring (bicyclic) bond motifs is 1. The second kappa shape index (κ2) is 3.55. The molecule has 2 heterocycles. The highest BCUT2D eigenvalue weighted by Crippen LogP contribution is 2.22. The third-order valence-corrected chi connectivity index (χ3v) is 2.49. The van der Waals surface area contributed by atoms with Crippen LogP contribution in [0.5, 0.6) is 0 Å². The van der Waals surface area contributed by atoms with Crippen LogP contribution in [0.25, 0.3) is 16.9 Å². The fourth-order valence-electron chi connectivity index (χ4n) is 1.80. The Bertz CT molecular complexity index is 672. The van der Waals surface area contributed by atoms with Gasteiger partial charge >= 0.3 is 0 Å². The number of nitrogens with zero attached hydrogens (tertiary/aromatic N) is 4. The number of hydrogen-bond donors (Lipinski definition) is 1. The van der Waals surface area contributed by atoms with Gasteiger partial charge in [-0.25, -0.2) is 14.5 Å². The molecule has 0 radical (unpaired) electrons. The average molecular weight is 225 g/mol. The van der Waals surface area contributed by atoms with E-state index < -0.39 is 0 Å². The van der Waals surface area contributed by atoms with Crippen molar-refractivity contribution in [3.8, 4) is 11.3 Å². The standard InChI is InChI=1S/C12H11N5/c1-8-14-12-11(9-5-3-2-4-6-9)15-10(13)7-17(12)16-8/h2-7H,13H2,1H3. The van der Waals surface area contributed by atoms with Crippen LogP contribution in [0.15, 0.2) is 36.5 Å². The first-order chi connectivity index (χ1) is 8.24. The Kier molecular flexibility index (Phi) is 2.04. The zero-order valence-electron chi connectivity index (χ0n) is 9.33. The Labute approximate surface area is 97.9 Å². The molecule has 0 fully saturated rings. The molecule has 0 bridgehead atoms. The van der Waals surface area contributed by atoms with E-state index in [2.05, 4.69) is 15.1 Å². The van der Waals surface area contributed by atoms with Gasteiger partial charge in [0.1, 0.15) is 17.3 Å². The molecule has 0 saturated carbocycles. The molecule has 1 aromatic carbocycles. The number of nitrogens with two attached hydrogens (primary N) is 1. The number of aryl methyl sites for hydroxylation is 1. The molecule has 0 spiro atoms. The summed E-state index contributed by atoms with van der Waals surface area (Å²) in [6.45, 7) is 1.85. The second-order valence-corrected chi connectivity index (χ2v) is 3.81. The molecular weight excluding hydrogens is 214 g/mol. The summed E-state index contributed by atoms with van der Waals surface area (Å²) in [5.41, 5.74) is 8.24. The highest BCUT2D eigenvalue weighted by atomic mass is 15.3. The maximum Gasteiger partial charge on any atom is 0.182 e. The minimum absolute atomic E-state index is 0.432. The van der Waals surface area contributed by atoms with E-state index in [0.717, 1.165) is 16.9 Å². The summed E-state index contributed by atoms with van der Waals surface area (Å²) in [5.74, 6) is 1.14. The molecule has 3 rings (SSSR count). The molecule has 0 unspecified atom stereocenters. The predicted octanol–water partition coefficient (Wildman–Crippen LogP) is 1.68. The summed E-state index contributed by atoms with van der Waals surface area (Å²) in [7, 11) is 0. The van der Waals surface area contributed by atoms with Crippen LogP contribution in [0.4, 0.5) is 5.82 Å². The van der Waals surface area contributed by atoms with Gasteiger partial charge in [-0.3, -0.25) is 0 Å². The minimum Gasteiger partial charge on any atom is -0.382 e. The van der Waals surface area contributed by atoms with Gasteiger partial charge in [-0.05, 0) is 6.92 Å². The molecule has 2 N–H and O–H groups in total. The lowest BCUT2D eigenvalue weighted by molar-refractivity contribution is 0.925. The van der Waals surface area contributed by atoms with Crippen molar-refractivity contribution in [3.05, 3.63) is 42.4 Å². The minimum atomic E-state index is 0.432. The monoisotopic (exact) mass is 225 g/mol. The topological polar surface area (TPSA) is 69.1 Å². The Hall–Kier alpha value is -2.43. The van der Waals surface area contributed by atoms with Crippen LogP contribution in [-0.2, 0) is 0 Å². The summed E-state index contributed by atoms with van der Waals surface area (Å²) >= 11 is 0. The first-order valence-corrected chi connectivity index (χ1v) is 5.29. The molecule has 5 heteroatoms. The van der Waals surface area contributed by atoms with Crippen molar-refractivity contribution in [3.63, 3.8) is 0 Å². The maximum absolute atomic E-state index is 5.77. The maximum atomic E-state index is 5.77. The molecule has 5 nitrogen and oxygen atoms in total. The lowest BCUT2D eigenvalue weighted by Crippen LogP contribution is -1.99. The van der Waals surface area contributed by atoms with Gasteiger partial charge in [0, 0.05) is 5.56 Å². The SMILES string of the molecule is Cc1nc2c(-c3ccccc3)nc(N)cn2n1. The van der Waals surface area contributed by atoms with E-state index in [0.29, 0.717) is 11.6 Å². The number of nitrogen functional groups attached to an aromatic ring is 1. The number of anilines is 1. The summed E-state index contributed by atoms with van der Waals surface area (Å²) in [6, 6.07) is 9.83. The van der Waals surface area contributed by atoms with E-state index >= 15 is 0 Å². The molecular formula is C12H11N5. The Morgan fingerprint density at radius 3 is 2.65 bits per heavy atom. The van der Waals surface area contributed by atoms with Crippen LogP contribution in [0.2, 0.25) is 0 Å². The van der Waals surface area contributed by atoms with E-state index in [-0.39, 0.29) is 0 Å². The predicted molar refractivity (Wildman–Crippen MR) is 65.4 cm³/mol. The highest BCUT2D eigenvalue weighted by molar-refractivity contribution is 5.74. The Morgan fingerprint density at radius 1 is 1.12 bits per heavy atom. The fraction of sp³-hybridized carbons (Fsp3) is 0.0833. The summed E-state index contributed by atoms with van der Waals surface area (Å²) in [4.78, 5) is 8.70. The van der Waals surface area contributed by atoms with Crippen molar-refractivity contribution in [2.75, 3.05) is 5.73 Å². The summed E-state index contributed by atoms with van der Waals surface area (Å²) in [5, 5.41) is 4.25. The van der Waals surface area contributed by atoms with Crippen molar-refractivity contribution < 1.29 is 0 Å². The highest BCUT2D eigenvalue weighted by Gasteiger charge is 2.10. The normalized spacial score (nSPS) is 10.9. The molecule has 0 amide bonds. The third kappa shape index (κ3) is 1.61. The lowest BCUT2D eigenvalue weighted by Gasteiger charge is -2.03. The lowest BCUT2D eigenvalue weighted by atomic mass is 10.1. The number of aromatic nitrogens is 4. The van der Waals surface area contributed by atoms with Crippen LogP contribution in [0, 0.1) is 6.92 Å². The first kappa shape index (κ1) is 9.77. The van der Waals surface area contributed by atoms with Gasteiger partial charge in [0.05, 0.1) is 6.20 Å². The molecule has 0 atom stereocenters. The van der Waals surface area contributed by atoms with Gasteiger partial charge in [0.2, 0.25) is 0 Å². The molecule has 0 aliphatic carbocycles. The number of rotatable bonds is 1. The van der Waals surface area contributed by atoms with Crippen LogP contribution in [-0.4, -0.2) is 19.6 Å². The zero-order chi connectivity index (χ0) is 11.8. The molecule has 17 heavy (non-hydrogen) atoms. The zero-order valence-corrected chi connectivity index (χ0v) is 9.33. The molecule has 0 aliphatic heterocycles. The molecule has 3 aromatic rings. The van der Waals surface area contributed by atoms with Crippen molar-refractivity contribution in [2.45, 2.75) is 6.92 Å². The Morgan fingerprint density at radius 2 is 1.88 bits per heavy atom. The van der Waals surface area contributed by atoms with E-state index in [4.69, 9.17) is 5.73 Å². The van der Waals surface area contributed by atoms with Gasteiger partial charge in [-0.2, -0.15) is 5.10 Å². The first-order valence-electron chi connectivity index (χ1n) is 5.29. The number of benzene rings is 1. The van der Waals surface area contributed by atoms with Crippen LogP contribution in [0.3, 0.4) is 0 Å². The van der Waals surface area contributed by atoms with Gasteiger partial charge < -0.3 is 5.73 Å². The fourth-order valence-corrected chi connectivity index (χ4v) is 1.80. The van der Waals surface area contributed by atoms with Crippen LogP contribution in [0.1, 0.15) is 5.82 Å². The van der Waals surface area contributed by atoms with E-state index in [9.17, 15) is 0 Å². The smallest absolute Gasteiger partial charge is 0.182 e. The number of hydrogen-bond acceptors (Lipinski definition) is 4. The van der Waals surface area contributed by atoms with Crippen molar-refractivity contribution >= 4 is 11.5 Å². The largest absolute Gasteiger partial charge is 0.382 e. The Balaban J connectivity index is 2.35. The molecule has 0 aliphatic rings. The summed E-state index contributed by atoms with van der Waals surface area (Å²) in [6.07, 6.45) is 1.67. The van der Waals surface area contributed by atoms with Crippen molar-refractivity contribution in [1.29, 1.82) is 0 Å². The van der Waals surface area contributed by atoms with Crippen molar-refractivity contribution in [1.82, 2.24) is 19.6 Å². The quantitative estimate of drug-likeness (QED) is 0.684. The third-order valence-electron chi connectivity index (χ3n) is 2.49. The van der Waals surface area contributed by atoms with E-state index in [1.807, 2.05) is 37.3 Å². The van der Waals surface area contributed by atoms with Crippen molar-refractivity contribution in [2.24, 2.45) is 0 Å². The van der Waals surface area contributed by atoms with Gasteiger partial charge in [0.25, 0.3) is 0 Å². The van der Waals surface area contributed by atoms with E-state index in [1.54, 1.807) is 10.7 Å². The van der Waals surface area contributed by atoms with Gasteiger partial charge in [0.15, 0.2) is 5.65 Å². The molecule has 84 valence electrons. The molecule has 2 aromatic heterocycles. The average Bonchev–Trinajstić information content (AvgIpc) is 2.69. The van der Waals surface area contributed by atoms with Crippen LogP contribution < -0.4 is 5.73 Å².